The van der Waals surface area contributed by atoms with Gasteiger partial charge in [-0.3, -0.25) is 9.48 Å². The standard InChI is InChI=1S/C12H13FN4O/c1-7-11(6-17(2)16-7)15-12(18)9-4-3-8(14)5-10(9)13/h3-6H,14H2,1-2H3,(H,15,18). The molecule has 0 aliphatic rings. The van der Waals surface area contributed by atoms with Crippen LogP contribution in [0.1, 0.15) is 16.1 Å². The molecule has 0 saturated heterocycles. The van der Waals surface area contributed by atoms with Crippen LogP contribution in [0.4, 0.5) is 15.8 Å². The van der Waals surface area contributed by atoms with E-state index in [0.717, 1.165) is 6.07 Å². The molecule has 2 aromatic rings. The number of hydrogen-bond donors (Lipinski definition) is 2. The summed E-state index contributed by atoms with van der Waals surface area (Å²) in [6.07, 6.45) is 1.66. The van der Waals surface area contributed by atoms with Gasteiger partial charge in [0.2, 0.25) is 0 Å². The van der Waals surface area contributed by atoms with E-state index in [1.807, 2.05) is 0 Å². The third-order valence-electron chi connectivity index (χ3n) is 2.50. The molecule has 1 aromatic heterocycles. The Balaban J connectivity index is 2.24. The zero-order valence-electron chi connectivity index (χ0n) is 10.1. The molecule has 2 rings (SSSR count). The van der Waals surface area contributed by atoms with Crippen molar-refractivity contribution in [2.45, 2.75) is 6.92 Å². The van der Waals surface area contributed by atoms with Crippen LogP contribution < -0.4 is 11.1 Å². The second-order valence-corrected chi connectivity index (χ2v) is 4.00. The van der Waals surface area contributed by atoms with Gasteiger partial charge in [-0.1, -0.05) is 0 Å². The Kier molecular flexibility index (Phi) is 3.01. The zero-order valence-corrected chi connectivity index (χ0v) is 10.1. The topological polar surface area (TPSA) is 72.9 Å². The van der Waals surface area contributed by atoms with Gasteiger partial charge in [-0.05, 0) is 25.1 Å². The molecular formula is C12H13FN4O. The number of halogens is 1. The highest BCUT2D eigenvalue weighted by Crippen LogP contribution is 2.16. The Bertz CT molecular complexity index is 606. The van der Waals surface area contributed by atoms with E-state index in [1.54, 1.807) is 24.9 Å². The molecule has 0 bridgehead atoms. The van der Waals surface area contributed by atoms with Crippen LogP contribution in [0.3, 0.4) is 0 Å². The molecule has 1 amide bonds. The number of amides is 1. The van der Waals surface area contributed by atoms with Crippen LogP contribution in [-0.2, 0) is 7.05 Å². The van der Waals surface area contributed by atoms with Crippen molar-refractivity contribution < 1.29 is 9.18 Å². The lowest BCUT2D eigenvalue weighted by molar-refractivity contribution is 0.102. The number of nitrogens with two attached hydrogens (primary N) is 1. The van der Waals surface area contributed by atoms with Crippen molar-refractivity contribution in [1.29, 1.82) is 0 Å². The molecule has 0 unspecified atom stereocenters. The van der Waals surface area contributed by atoms with Gasteiger partial charge in [0, 0.05) is 18.9 Å². The predicted octanol–water partition coefficient (Wildman–Crippen LogP) is 1.70. The molecule has 0 aliphatic carbocycles. The van der Waals surface area contributed by atoms with Crippen LogP contribution in [0.2, 0.25) is 0 Å². The lowest BCUT2D eigenvalue weighted by Gasteiger charge is -2.05. The fourth-order valence-electron chi connectivity index (χ4n) is 1.63. The number of aryl methyl sites for hydroxylation is 2. The Labute approximate surface area is 103 Å². The number of rotatable bonds is 2. The number of nitrogens with one attached hydrogen (secondary N) is 1. The smallest absolute Gasteiger partial charge is 0.258 e. The summed E-state index contributed by atoms with van der Waals surface area (Å²) in [6.45, 7) is 1.76. The second kappa shape index (κ2) is 4.48. The van der Waals surface area contributed by atoms with Crippen molar-refractivity contribution in [3.05, 3.63) is 41.5 Å². The van der Waals surface area contributed by atoms with E-state index in [4.69, 9.17) is 5.73 Å². The summed E-state index contributed by atoms with van der Waals surface area (Å²) in [4.78, 5) is 11.9. The van der Waals surface area contributed by atoms with Crippen molar-refractivity contribution in [3.63, 3.8) is 0 Å². The molecule has 18 heavy (non-hydrogen) atoms. The minimum atomic E-state index is -0.644. The normalized spacial score (nSPS) is 10.4. The molecule has 0 saturated carbocycles. The Morgan fingerprint density at radius 2 is 2.22 bits per heavy atom. The van der Waals surface area contributed by atoms with Crippen LogP contribution in [0.25, 0.3) is 0 Å². The number of anilines is 2. The lowest BCUT2D eigenvalue weighted by Crippen LogP contribution is -2.14. The molecule has 94 valence electrons. The summed E-state index contributed by atoms with van der Waals surface area (Å²) in [5, 5.41) is 6.69. The van der Waals surface area contributed by atoms with Crippen LogP contribution in [0.5, 0.6) is 0 Å². The van der Waals surface area contributed by atoms with E-state index in [1.165, 1.54) is 12.1 Å². The fourth-order valence-corrected chi connectivity index (χ4v) is 1.63. The van der Waals surface area contributed by atoms with E-state index >= 15 is 0 Å². The molecule has 0 aliphatic heterocycles. The first kappa shape index (κ1) is 12.1. The Hall–Kier alpha value is -2.37. The van der Waals surface area contributed by atoms with E-state index < -0.39 is 11.7 Å². The maximum absolute atomic E-state index is 13.5. The second-order valence-electron chi connectivity index (χ2n) is 4.00. The largest absolute Gasteiger partial charge is 0.399 e. The van der Waals surface area contributed by atoms with E-state index in [9.17, 15) is 9.18 Å². The van der Waals surface area contributed by atoms with Gasteiger partial charge in [0.1, 0.15) is 5.82 Å². The first-order valence-corrected chi connectivity index (χ1v) is 5.34. The van der Waals surface area contributed by atoms with Crippen LogP contribution >= 0.6 is 0 Å². The summed E-state index contributed by atoms with van der Waals surface area (Å²) < 4.78 is 15.1. The Morgan fingerprint density at radius 3 is 2.78 bits per heavy atom. The fraction of sp³-hybridized carbons (Fsp3) is 0.167. The van der Waals surface area contributed by atoms with Gasteiger partial charge in [0.25, 0.3) is 5.91 Å². The Morgan fingerprint density at radius 1 is 1.50 bits per heavy atom. The maximum atomic E-state index is 13.5. The third-order valence-corrected chi connectivity index (χ3v) is 2.50. The average molecular weight is 248 g/mol. The monoisotopic (exact) mass is 248 g/mol. The van der Waals surface area contributed by atoms with E-state index in [0.29, 0.717) is 11.4 Å². The summed E-state index contributed by atoms with van der Waals surface area (Å²) in [7, 11) is 1.74. The molecule has 5 nitrogen and oxygen atoms in total. The first-order chi connectivity index (χ1) is 8.47. The van der Waals surface area contributed by atoms with Crippen molar-refractivity contribution in [3.8, 4) is 0 Å². The summed E-state index contributed by atoms with van der Waals surface area (Å²) >= 11 is 0. The highest BCUT2D eigenvalue weighted by Gasteiger charge is 2.14. The van der Waals surface area contributed by atoms with Gasteiger partial charge in [0.05, 0.1) is 16.9 Å². The van der Waals surface area contributed by atoms with Crippen molar-refractivity contribution in [2.75, 3.05) is 11.1 Å². The maximum Gasteiger partial charge on any atom is 0.258 e. The highest BCUT2D eigenvalue weighted by molar-refractivity contribution is 6.04. The van der Waals surface area contributed by atoms with Crippen LogP contribution in [0.15, 0.2) is 24.4 Å². The van der Waals surface area contributed by atoms with Gasteiger partial charge < -0.3 is 11.1 Å². The lowest BCUT2D eigenvalue weighted by atomic mass is 10.2. The number of benzene rings is 1. The van der Waals surface area contributed by atoms with E-state index in [2.05, 4.69) is 10.4 Å². The summed E-state index contributed by atoms with van der Waals surface area (Å²) in [6, 6.07) is 3.95. The third kappa shape index (κ3) is 2.32. The molecule has 0 radical (unpaired) electrons. The van der Waals surface area contributed by atoms with Crippen molar-refractivity contribution >= 4 is 17.3 Å². The number of carbonyl (C=O) groups excluding carboxylic acids is 1. The summed E-state index contributed by atoms with van der Waals surface area (Å²) in [5.74, 6) is -1.17. The number of nitrogens with zero attached hydrogens (tertiary/aromatic N) is 2. The van der Waals surface area contributed by atoms with Crippen molar-refractivity contribution in [1.82, 2.24) is 9.78 Å². The quantitative estimate of drug-likeness (QED) is 0.794. The van der Waals surface area contributed by atoms with Gasteiger partial charge in [-0.25, -0.2) is 4.39 Å². The van der Waals surface area contributed by atoms with Crippen molar-refractivity contribution in [2.24, 2.45) is 7.05 Å². The highest BCUT2D eigenvalue weighted by atomic mass is 19.1. The van der Waals surface area contributed by atoms with Gasteiger partial charge in [-0.15, -0.1) is 0 Å². The molecule has 1 heterocycles. The van der Waals surface area contributed by atoms with Crippen LogP contribution in [0, 0.1) is 12.7 Å². The zero-order chi connectivity index (χ0) is 13.3. The van der Waals surface area contributed by atoms with E-state index in [-0.39, 0.29) is 11.3 Å². The van der Waals surface area contributed by atoms with Gasteiger partial charge >= 0.3 is 0 Å². The minimum absolute atomic E-state index is 0.0487. The summed E-state index contributed by atoms with van der Waals surface area (Å²) in [5.41, 5.74) is 6.88. The molecule has 6 heteroatoms. The molecular weight excluding hydrogens is 235 g/mol. The number of nitrogen functional groups attached to an aromatic ring is 1. The first-order valence-electron chi connectivity index (χ1n) is 5.34. The molecule has 0 spiro atoms. The molecule has 3 N–H and O–H groups in total. The predicted molar refractivity (Wildman–Crippen MR) is 66.7 cm³/mol. The number of hydrogen-bond acceptors (Lipinski definition) is 3. The molecule has 0 atom stereocenters. The van der Waals surface area contributed by atoms with Crippen LogP contribution in [-0.4, -0.2) is 15.7 Å². The molecule has 1 aromatic carbocycles. The number of carbonyl (C=O) groups is 1. The van der Waals surface area contributed by atoms with Gasteiger partial charge in [-0.2, -0.15) is 5.10 Å². The van der Waals surface area contributed by atoms with Gasteiger partial charge in [0.15, 0.2) is 0 Å². The SMILES string of the molecule is Cc1nn(C)cc1NC(=O)c1ccc(N)cc1F. The number of aromatic nitrogens is 2. The average Bonchev–Trinajstić information content (AvgIpc) is 2.57. The minimum Gasteiger partial charge on any atom is -0.399 e. The molecule has 0 fully saturated rings.